The number of aromatic nitrogens is 2. The fraction of sp³-hybridized carbons (Fsp3) is 0.571. The Morgan fingerprint density at radius 2 is 2.00 bits per heavy atom. The largest absolute Gasteiger partial charge is 0.222 e. The van der Waals surface area contributed by atoms with Crippen molar-refractivity contribution in [3.8, 4) is 0 Å². The summed E-state index contributed by atoms with van der Waals surface area (Å²) in [5, 5.41) is 1.81. The summed E-state index contributed by atoms with van der Waals surface area (Å²) in [7, 11) is 0. The zero-order valence-corrected chi connectivity index (χ0v) is 12.2. The Morgan fingerprint density at radius 3 is 2.83 bits per heavy atom. The van der Waals surface area contributed by atoms with Gasteiger partial charge in [-0.15, -0.1) is 11.3 Å². The van der Waals surface area contributed by atoms with Crippen LogP contribution in [0.2, 0.25) is 5.15 Å². The minimum absolute atomic E-state index is 0.669. The van der Waals surface area contributed by atoms with E-state index < -0.39 is 0 Å². The summed E-state index contributed by atoms with van der Waals surface area (Å²) in [6, 6.07) is 0. The molecule has 0 unspecified atom stereocenters. The summed E-state index contributed by atoms with van der Waals surface area (Å²) in [5.41, 5.74) is 1.43. The monoisotopic (exact) mass is 280 g/mol. The van der Waals surface area contributed by atoms with Crippen molar-refractivity contribution in [2.24, 2.45) is 0 Å². The van der Waals surface area contributed by atoms with Gasteiger partial charge in [-0.3, -0.25) is 0 Å². The number of aryl methyl sites for hydroxylation is 3. The summed E-state index contributed by atoms with van der Waals surface area (Å²) in [5.74, 6) is 0.895. The van der Waals surface area contributed by atoms with Crippen LogP contribution >= 0.6 is 22.9 Å². The second kappa shape index (κ2) is 5.14. The molecule has 0 bridgehead atoms. The Labute approximate surface area is 116 Å². The highest BCUT2D eigenvalue weighted by Gasteiger charge is 2.19. The van der Waals surface area contributed by atoms with Crippen molar-refractivity contribution < 1.29 is 0 Å². The number of hydrogen-bond donors (Lipinski definition) is 0. The molecule has 2 nitrogen and oxygen atoms in total. The Kier molecular flexibility index (Phi) is 3.53. The summed E-state index contributed by atoms with van der Waals surface area (Å²) >= 11 is 8.22. The van der Waals surface area contributed by atoms with Crippen molar-refractivity contribution in [2.45, 2.75) is 51.9 Å². The van der Waals surface area contributed by atoms with E-state index in [1.807, 2.05) is 11.3 Å². The molecular weight excluding hydrogens is 264 g/mol. The van der Waals surface area contributed by atoms with E-state index >= 15 is 0 Å². The zero-order chi connectivity index (χ0) is 12.5. The number of nitrogens with zero attached hydrogens (tertiary/aromatic N) is 2. The van der Waals surface area contributed by atoms with Gasteiger partial charge in [0.05, 0.1) is 5.39 Å². The lowest BCUT2D eigenvalue weighted by molar-refractivity contribution is 0.713. The van der Waals surface area contributed by atoms with E-state index in [4.69, 9.17) is 11.6 Å². The first-order chi connectivity index (χ1) is 8.79. The number of fused-ring (bicyclic) bond motifs is 3. The molecule has 0 aliphatic heterocycles. The lowest BCUT2D eigenvalue weighted by Crippen LogP contribution is -1.95. The third-order valence-corrected chi connectivity index (χ3v) is 5.00. The van der Waals surface area contributed by atoms with E-state index in [1.54, 1.807) is 0 Å². The SMILES string of the molecule is CCCc1nc(Cl)c2c3c(sc2n1)CCCCC3. The molecule has 18 heavy (non-hydrogen) atoms. The molecule has 0 saturated carbocycles. The minimum atomic E-state index is 0.669. The van der Waals surface area contributed by atoms with Gasteiger partial charge in [0.15, 0.2) is 0 Å². The van der Waals surface area contributed by atoms with Gasteiger partial charge >= 0.3 is 0 Å². The van der Waals surface area contributed by atoms with Crippen LogP contribution in [0.3, 0.4) is 0 Å². The summed E-state index contributed by atoms with van der Waals surface area (Å²) in [6.45, 7) is 2.14. The topological polar surface area (TPSA) is 25.8 Å². The molecule has 0 saturated heterocycles. The van der Waals surface area contributed by atoms with Gasteiger partial charge < -0.3 is 0 Å². The molecule has 1 aliphatic rings. The third-order valence-electron chi connectivity index (χ3n) is 3.54. The van der Waals surface area contributed by atoms with E-state index in [0.717, 1.165) is 35.3 Å². The molecule has 2 aromatic rings. The van der Waals surface area contributed by atoms with Crippen molar-refractivity contribution in [3.63, 3.8) is 0 Å². The van der Waals surface area contributed by atoms with Gasteiger partial charge in [-0.25, -0.2) is 9.97 Å². The summed E-state index contributed by atoms with van der Waals surface area (Å²) < 4.78 is 0. The van der Waals surface area contributed by atoms with Crippen LogP contribution in [0, 0.1) is 0 Å². The first-order valence-electron chi connectivity index (χ1n) is 6.76. The molecule has 0 radical (unpaired) electrons. The van der Waals surface area contributed by atoms with Crippen LogP contribution in [0.5, 0.6) is 0 Å². The number of rotatable bonds is 2. The average molecular weight is 281 g/mol. The zero-order valence-electron chi connectivity index (χ0n) is 10.6. The fourth-order valence-electron chi connectivity index (χ4n) is 2.67. The predicted octanol–water partition coefficient (Wildman–Crippen LogP) is 4.57. The molecule has 0 amide bonds. The van der Waals surface area contributed by atoms with Crippen LogP contribution in [0.1, 0.15) is 48.9 Å². The lowest BCUT2D eigenvalue weighted by Gasteiger charge is -2.02. The summed E-state index contributed by atoms with van der Waals surface area (Å²) in [4.78, 5) is 11.7. The molecule has 0 spiro atoms. The third kappa shape index (κ3) is 2.14. The van der Waals surface area contributed by atoms with Gasteiger partial charge in [-0.2, -0.15) is 0 Å². The normalized spacial score (nSPS) is 15.7. The smallest absolute Gasteiger partial charge is 0.141 e. The highest BCUT2D eigenvalue weighted by Crippen LogP contribution is 2.37. The second-order valence-electron chi connectivity index (χ2n) is 4.93. The molecule has 0 N–H and O–H groups in total. The van der Waals surface area contributed by atoms with E-state index in [2.05, 4.69) is 16.9 Å². The van der Waals surface area contributed by atoms with Crippen LogP contribution in [-0.2, 0) is 19.3 Å². The van der Waals surface area contributed by atoms with Crippen LogP contribution in [-0.4, -0.2) is 9.97 Å². The predicted molar refractivity (Wildman–Crippen MR) is 77.7 cm³/mol. The van der Waals surface area contributed by atoms with Crippen molar-refractivity contribution in [2.75, 3.05) is 0 Å². The molecule has 4 heteroatoms. The van der Waals surface area contributed by atoms with Gasteiger partial charge in [-0.05, 0) is 37.7 Å². The van der Waals surface area contributed by atoms with Crippen molar-refractivity contribution >= 4 is 33.2 Å². The first-order valence-corrected chi connectivity index (χ1v) is 7.95. The van der Waals surface area contributed by atoms with Gasteiger partial charge in [0.2, 0.25) is 0 Å². The number of halogens is 1. The Morgan fingerprint density at radius 1 is 1.17 bits per heavy atom. The molecule has 0 fully saturated rings. The molecule has 3 rings (SSSR count). The maximum absolute atomic E-state index is 6.39. The van der Waals surface area contributed by atoms with E-state index in [1.165, 1.54) is 36.1 Å². The highest BCUT2D eigenvalue weighted by molar-refractivity contribution is 7.19. The van der Waals surface area contributed by atoms with Crippen molar-refractivity contribution in [3.05, 3.63) is 21.4 Å². The molecule has 1 aliphatic carbocycles. The minimum Gasteiger partial charge on any atom is -0.222 e. The van der Waals surface area contributed by atoms with Crippen LogP contribution in [0.25, 0.3) is 10.2 Å². The van der Waals surface area contributed by atoms with E-state index in [9.17, 15) is 0 Å². The standard InChI is InChI=1S/C14H17ClN2S/c1-2-6-11-16-13(15)12-9-7-4-3-5-8-10(9)18-14(12)17-11/h2-8H2,1H3. The Bertz CT molecular complexity index is 577. The second-order valence-corrected chi connectivity index (χ2v) is 6.37. The first kappa shape index (κ1) is 12.4. The number of thiophene rings is 1. The lowest BCUT2D eigenvalue weighted by atomic mass is 10.1. The quantitative estimate of drug-likeness (QED) is 0.595. The molecule has 0 atom stereocenters. The van der Waals surface area contributed by atoms with Crippen molar-refractivity contribution in [1.82, 2.24) is 9.97 Å². The Hall–Kier alpha value is -0.670. The van der Waals surface area contributed by atoms with Crippen LogP contribution < -0.4 is 0 Å². The average Bonchev–Trinajstić information content (AvgIpc) is 2.53. The molecule has 96 valence electrons. The molecule has 0 aromatic carbocycles. The van der Waals surface area contributed by atoms with E-state index in [-0.39, 0.29) is 0 Å². The van der Waals surface area contributed by atoms with Crippen LogP contribution in [0.4, 0.5) is 0 Å². The molecule has 2 aromatic heterocycles. The molecule has 2 heterocycles. The maximum Gasteiger partial charge on any atom is 0.141 e. The number of hydrogen-bond acceptors (Lipinski definition) is 3. The van der Waals surface area contributed by atoms with Gasteiger partial charge in [0.25, 0.3) is 0 Å². The van der Waals surface area contributed by atoms with Gasteiger partial charge in [0, 0.05) is 11.3 Å². The highest BCUT2D eigenvalue weighted by atomic mass is 35.5. The summed E-state index contributed by atoms with van der Waals surface area (Å²) in [6.07, 6.45) is 8.21. The van der Waals surface area contributed by atoms with Gasteiger partial charge in [-0.1, -0.05) is 24.9 Å². The van der Waals surface area contributed by atoms with Crippen LogP contribution in [0.15, 0.2) is 0 Å². The van der Waals surface area contributed by atoms with Gasteiger partial charge in [0.1, 0.15) is 15.8 Å². The maximum atomic E-state index is 6.39. The fourth-order valence-corrected chi connectivity index (χ4v) is 4.30. The van der Waals surface area contributed by atoms with E-state index in [0.29, 0.717) is 5.15 Å². The Balaban J connectivity index is 2.16. The van der Waals surface area contributed by atoms with Crippen molar-refractivity contribution in [1.29, 1.82) is 0 Å². The molecular formula is C14H17ClN2S.